The van der Waals surface area contributed by atoms with Gasteiger partial charge in [-0.3, -0.25) is 9.59 Å². The van der Waals surface area contributed by atoms with Crippen LogP contribution in [0.25, 0.3) is 11.1 Å². The smallest absolute Gasteiger partial charge is 0.307 e. The summed E-state index contributed by atoms with van der Waals surface area (Å²) in [4.78, 5) is 31.6. The number of carbonyl (C=O) groups is 2. The third-order valence-corrected chi connectivity index (χ3v) is 4.19. The Morgan fingerprint density at radius 2 is 1.93 bits per heavy atom. The van der Waals surface area contributed by atoms with E-state index in [1.807, 2.05) is 6.07 Å². The van der Waals surface area contributed by atoms with E-state index in [1.165, 1.54) is 24.4 Å². The van der Waals surface area contributed by atoms with Crippen LogP contribution in [0.2, 0.25) is 0 Å². The molecule has 0 aliphatic rings. The summed E-state index contributed by atoms with van der Waals surface area (Å²) in [6, 6.07) is 8.72. The lowest BCUT2D eigenvalue weighted by Gasteiger charge is -2.12. The zero-order valence-corrected chi connectivity index (χ0v) is 15.6. The molecule has 3 aromatic rings. The van der Waals surface area contributed by atoms with Crippen LogP contribution < -0.4 is 5.32 Å². The third-order valence-electron chi connectivity index (χ3n) is 4.19. The van der Waals surface area contributed by atoms with Crippen molar-refractivity contribution in [2.75, 3.05) is 5.32 Å². The topological polar surface area (TPSA) is 116 Å². The standard InChI is InChI=1S/C21H14F2N4O3/c1-11-25-10-14(9-24)20(26-11)27-21(30)12-2-5-18(23)17(7-12)16-4-3-15(22)6-13(16)8-19(28)29/h2-7,10H,8H2,1H3,(H,28,29)(H,25,26,27,30). The van der Waals surface area contributed by atoms with E-state index in [4.69, 9.17) is 10.4 Å². The number of nitrogens with zero attached hydrogens (tertiary/aromatic N) is 3. The fraction of sp³-hybridized carbons (Fsp3) is 0.0952. The first-order valence-corrected chi connectivity index (χ1v) is 8.63. The SMILES string of the molecule is Cc1ncc(C#N)c(NC(=O)c2ccc(F)c(-c3ccc(F)cc3CC(=O)O)c2)n1. The second-order valence-corrected chi connectivity index (χ2v) is 6.31. The summed E-state index contributed by atoms with van der Waals surface area (Å²) < 4.78 is 28.1. The van der Waals surface area contributed by atoms with Crippen molar-refractivity contribution in [3.63, 3.8) is 0 Å². The van der Waals surface area contributed by atoms with Gasteiger partial charge in [0.25, 0.3) is 5.91 Å². The number of aryl methyl sites for hydroxylation is 1. The summed E-state index contributed by atoms with van der Waals surface area (Å²) in [5.41, 5.74) is 0.257. The van der Waals surface area contributed by atoms with Gasteiger partial charge in [-0.05, 0) is 48.4 Å². The van der Waals surface area contributed by atoms with Crippen LogP contribution in [0.3, 0.4) is 0 Å². The van der Waals surface area contributed by atoms with Crippen LogP contribution in [-0.2, 0) is 11.2 Å². The Bertz CT molecular complexity index is 1210. The Kier molecular flexibility index (Phi) is 5.78. The van der Waals surface area contributed by atoms with Gasteiger partial charge in [0.05, 0.1) is 12.6 Å². The van der Waals surface area contributed by atoms with Crippen molar-refractivity contribution >= 4 is 17.7 Å². The van der Waals surface area contributed by atoms with Crippen molar-refractivity contribution in [1.82, 2.24) is 9.97 Å². The predicted molar refractivity (Wildman–Crippen MR) is 103 cm³/mol. The molecule has 0 bridgehead atoms. The molecule has 0 aliphatic carbocycles. The van der Waals surface area contributed by atoms with Gasteiger partial charge in [-0.15, -0.1) is 0 Å². The number of carboxylic acids is 1. The number of nitriles is 1. The van der Waals surface area contributed by atoms with Crippen molar-refractivity contribution in [1.29, 1.82) is 5.26 Å². The Hall–Kier alpha value is -4.19. The number of carboxylic acid groups (broad SMARTS) is 1. The maximum Gasteiger partial charge on any atom is 0.307 e. The number of carbonyl (C=O) groups excluding carboxylic acids is 1. The summed E-state index contributed by atoms with van der Waals surface area (Å²) >= 11 is 0. The summed E-state index contributed by atoms with van der Waals surface area (Å²) in [6.07, 6.45) is 0.749. The molecule has 2 N–H and O–H groups in total. The summed E-state index contributed by atoms with van der Waals surface area (Å²) in [5.74, 6) is -2.89. The lowest BCUT2D eigenvalue weighted by molar-refractivity contribution is -0.136. The van der Waals surface area contributed by atoms with Gasteiger partial charge in [0.2, 0.25) is 0 Å². The molecule has 150 valence electrons. The highest BCUT2D eigenvalue weighted by molar-refractivity contribution is 6.05. The van der Waals surface area contributed by atoms with Crippen LogP contribution >= 0.6 is 0 Å². The minimum Gasteiger partial charge on any atom is -0.481 e. The van der Waals surface area contributed by atoms with Crippen LogP contribution in [0.1, 0.15) is 27.3 Å². The van der Waals surface area contributed by atoms with Crippen molar-refractivity contribution in [3.8, 4) is 17.2 Å². The Balaban J connectivity index is 2.01. The molecule has 1 heterocycles. The van der Waals surface area contributed by atoms with Crippen LogP contribution in [0, 0.1) is 29.9 Å². The average molecular weight is 408 g/mol. The number of anilines is 1. The van der Waals surface area contributed by atoms with E-state index in [9.17, 15) is 18.4 Å². The summed E-state index contributed by atoms with van der Waals surface area (Å²) in [7, 11) is 0. The molecule has 0 saturated heterocycles. The molecule has 0 saturated carbocycles. The fourth-order valence-electron chi connectivity index (χ4n) is 2.83. The monoisotopic (exact) mass is 408 g/mol. The van der Waals surface area contributed by atoms with E-state index in [-0.39, 0.29) is 33.6 Å². The second kappa shape index (κ2) is 8.45. The molecule has 0 radical (unpaired) electrons. The Morgan fingerprint density at radius 1 is 1.17 bits per heavy atom. The molecular formula is C21H14F2N4O3. The third kappa shape index (κ3) is 4.44. The minimum absolute atomic E-state index is 0.00854. The Morgan fingerprint density at radius 3 is 2.63 bits per heavy atom. The molecule has 7 nitrogen and oxygen atoms in total. The van der Waals surface area contributed by atoms with Crippen molar-refractivity contribution < 1.29 is 23.5 Å². The number of benzene rings is 2. The molecule has 3 rings (SSSR count). The van der Waals surface area contributed by atoms with Gasteiger partial charge >= 0.3 is 5.97 Å². The van der Waals surface area contributed by atoms with Crippen molar-refractivity contribution in [2.45, 2.75) is 13.3 Å². The molecule has 0 unspecified atom stereocenters. The largest absolute Gasteiger partial charge is 0.481 e. The van der Waals surface area contributed by atoms with Crippen molar-refractivity contribution in [2.24, 2.45) is 0 Å². The molecule has 1 aromatic heterocycles. The quantitative estimate of drug-likeness (QED) is 0.668. The van der Waals surface area contributed by atoms with Gasteiger partial charge in [-0.1, -0.05) is 6.07 Å². The predicted octanol–water partition coefficient (Wildman–Crippen LogP) is 3.48. The molecule has 30 heavy (non-hydrogen) atoms. The zero-order chi connectivity index (χ0) is 21.8. The highest BCUT2D eigenvalue weighted by Crippen LogP contribution is 2.29. The van der Waals surface area contributed by atoms with Crippen LogP contribution in [0.5, 0.6) is 0 Å². The molecule has 1 amide bonds. The normalized spacial score (nSPS) is 10.3. The number of halogens is 2. The van der Waals surface area contributed by atoms with E-state index >= 15 is 0 Å². The number of rotatable bonds is 5. The highest BCUT2D eigenvalue weighted by Gasteiger charge is 2.17. The average Bonchev–Trinajstić information content (AvgIpc) is 2.68. The molecule has 2 aromatic carbocycles. The fourth-order valence-corrected chi connectivity index (χ4v) is 2.83. The number of amides is 1. The molecule has 0 spiro atoms. The second-order valence-electron chi connectivity index (χ2n) is 6.31. The van der Waals surface area contributed by atoms with E-state index < -0.39 is 29.9 Å². The van der Waals surface area contributed by atoms with E-state index in [0.29, 0.717) is 5.82 Å². The first-order chi connectivity index (χ1) is 14.3. The number of aliphatic carboxylic acids is 1. The number of nitrogens with one attached hydrogen (secondary N) is 1. The van der Waals surface area contributed by atoms with Crippen LogP contribution in [0.4, 0.5) is 14.6 Å². The zero-order valence-electron chi connectivity index (χ0n) is 15.6. The van der Waals surface area contributed by atoms with Gasteiger partial charge in [0, 0.05) is 11.1 Å². The highest BCUT2D eigenvalue weighted by atomic mass is 19.1. The summed E-state index contributed by atoms with van der Waals surface area (Å²) in [6.45, 7) is 1.59. The maximum absolute atomic E-state index is 14.5. The number of aromatic nitrogens is 2. The molecule has 9 heteroatoms. The molecule has 0 aliphatic heterocycles. The van der Waals surface area contributed by atoms with E-state index in [0.717, 1.165) is 18.2 Å². The van der Waals surface area contributed by atoms with Gasteiger partial charge in [-0.2, -0.15) is 5.26 Å². The Labute approximate surface area is 169 Å². The van der Waals surface area contributed by atoms with E-state index in [2.05, 4.69) is 15.3 Å². The molecule has 0 fully saturated rings. The maximum atomic E-state index is 14.5. The lowest BCUT2D eigenvalue weighted by atomic mass is 9.95. The molecule has 0 atom stereocenters. The first-order valence-electron chi connectivity index (χ1n) is 8.63. The van der Waals surface area contributed by atoms with Crippen LogP contribution in [0.15, 0.2) is 42.6 Å². The van der Waals surface area contributed by atoms with E-state index in [1.54, 1.807) is 6.92 Å². The summed E-state index contributed by atoms with van der Waals surface area (Å²) in [5, 5.41) is 20.7. The lowest BCUT2D eigenvalue weighted by Crippen LogP contribution is -2.15. The minimum atomic E-state index is -1.21. The first kappa shape index (κ1) is 20.5. The van der Waals surface area contributed by atoms with Crippen molar-refractivity contribution in [3.05, 3.63) is 76.7 Å². The molecular weight excluding hydrogens is 394 g/mol. The number of hydrogen-bond donors (Lipinski definition) is 2. The van der Waals surface area contributed by atoms with Gasteiger partial charge in [0.15, 0.2) is 5.82 Å². The van der Waals surface area contributed by atoms with Gasteiger partial charge in [-0.25, -0.2) is 18.7 Å². The van der Waals surface area contributed by atoms with Gasteiger partial charge < -0.3 is 10.4 Å². The van der Waals surface area contributed by atoms with Gasteiger partial charge in [0.1, 0.15) is 29.1 Å². The van der Waals surface area contributed by atoms with Crippen LogP contribution in [-0.4, -0.2) is 27.0 Å². The number of hydrogen-bond acceptors (Lipinski definition) is 5.